The van der Waals surface area contributed by atoms with Crippen molar-refractivity contribution in [3.63, 3.8) is 0 Å². The van der Waals surface area contributed by atoms with Gasteiger partial charge in [-0.15, -0.1) is 0 Å². The molecular weight excluding hydrogens is 382 g/mol. The van der Waals surface area contributed by atoms with Crippen LogP contribution in [0.4, 0.5) is 0 Å². The van der Waals surface area contributed by atoms with Gasteiger partial charge in [-0.25, -0.2) is 0 Å². The Balaban J connectivity index is 1.59. The topological polar surface area (TPSA) is 89.6 Å². The average molecular weight is 414 g/mol. The maximum Gasteiger partial charge on any atom is 0.237 e. The van der Waals surface area contributed by atoms with Gasteiger partial charge in [-0.05, 0) is 26.3 Å². The normalized spacial score (nSPS) is 18.7. The van der Waals surface area contributed by atoms with E-state index in [0.717, 1.165) is 29.1 Å². The molecule has 2 aromatic heterocycles. The zero-order chi connectivity index (χ0) is 21.8. The fourth-order valence-electron chi connectivity index (χ4n) is 3.29. The Morgan fingerprint density at radius 3 is 2.77 bits per heavy atom. The molecule has 0 unspecified atom stereocenters. The largest absolute Gasteiger partial charge is 0.478 e. The molecule has 1 fully saturated rings. The lowest BCUT2D eigenvalue weighted by Gasteiger charge is -2.20. The van der Waals surface area contributed by atoms with Crippen LogP contribution >= 0.6 is 0 Å². The third-order valence-electron chi connectivity index (χ3n) is 5.48. The van der Waals surface area contributed by atoms with Gasteiger partial charge >= 0.3 is 0 Å². The summed E-state index contributed by atoms with van der Waals surface area (Å²) in [6.45, 7) is 6.61. The fourth-order valence-corrected chi connectivity index (χ4v) is 3.29. The van der Waals surface area contributed by atoms with Gasteiger partial charge in [0, 0.05) is 69.6 Å². The number of aryl methyl sites for hydroxylation is 3. The van der Waals surface area contributed by atoms with E-state index in [-0.39, 0.29) is 5.91 Å². The van der Waals surface area contributed by atoms with E-state index in [4.69, 9.17) is 4.74 Å². The van der Waals surface area contributed by atoms with E-state index in [1.54, 1.807) is 19.3 Å². The van der Waals surface area contributed by atoms with E-state index in [0.29, 0.717) is 30.9 Å². The Labute approximate surface area is 177 Å². The molecule has 2 aromatic rings. The summed E-state index contributed by atoms with van der Waals surface area (Å²) in [5.74, 6) is 1.23. The first-order valence-corrected chi connectivity index (χ1v) is 10.1. The number of ether oxygens (including phenoxy) is 1. The third kappa shape index (κ3) is 5.28. The van der Waals surface area contributed by atoms with E-state index in [9.17, 15) is 4.79 Å². The number of nitrogens with zero attached hydrogens (tertiary/aromatic N) is 6. The van der Waals surface area contributed by atoms with Gasteiger partial charge in [0.25, 0.3) is 0 Å². The number of aliphatic imine (C=N–C) groups is 1. The van der Waals surface area contributed by atoms with Crippen molar-refractivity contribution >= 4 is 12.1 Å². The van der Waals surface area contributed by atoms with Gasteiger partial charge in [0.2, 0.25) is 11.8 Å². The highest BCUT2D eigenvalue weighted by molar-refractivity contribution is 5.73. The summed E-state index contributed by atoms with van der Waals surface area (Å²) in [5.41, 5.74) is 7.29. The molecule has 0 aromatic carbocycles. The standard InChI is InChI=1S/C21H31N7O2/c1-14-19(15(2)27(5)23-14)12-22-9-7-21(25-28(6)16(3)29)30-13-17-11-18(17)20-8-10-26(4)24-20/h7-10,17-18,25H,11-13H2,1-6H3/t17-,18+/m1/s1. The first kappa shape index (κ1) is 21.6. The fraction of sp³-hybridized carbons (Fsp3) is 0.524. The van der Waals surface area contributed by atoms with Crippen LogP contribution in [0.5, 0.6) is 0 Å². The molecular formula is C21H31N7O2. The van der Waals surface area contributed by atoms with Crippen LogP contribution in [0, 0.1) is 19.8 Å². The lowest BCUT2D eigenvalue weighted by atomic mass is 10.2. The third-order valence-corrected chi connectivity index (χ3v) is 5.48. The second-order valence-corrected chi connectivity index (χ2v) is 7.81. The number of nitrogens with one attached hydrogen (secondary N) is 1. The number of aromatic nitrogens is 4. The molecule has 0 spiro atoms. The van der Waals surface area contributed by atoms with Crippen molar-refractivity contribution in [2.75, 3.05) is 13.7 Å². The molecule has 162 valence electrons. The molecule has 2 heterocycles. The highest BCUT2D eigenvalue weighted by Gasteiger charge is 2.40. The molecule has 1 amide bonds. The summed E-state index contributed by atoms with van der Waals surface area (Å²) >= 11 is 0. The van der Waals surface area contributed by atoms with Gasteiger partial charge in [0.15, 0.2) is 0 Å². The number of hydrogen-bond acceptors (Lipinski definition) is 6. The minimum absolute atomic E-state index is 0.110. The molecule has 0 aliphatic heterocycles. The Hall–Kier alpha value is -3.10. The quantitative estimate of drug-likeness (QED) is 0.386. The molecule has 0 saturated heterocycles. The Morgan fingerprint density at radius 2 is 2.17 bits per heavy atom. The minimum Gasteiger partial charge on any atom is -0.478 e. The van der Waals surface area contributed by atoms with Gasteiger partial charge in [-0.3, -0.25) is 29.6 Å². The Bertz CT molecular complexity index is 957. The van der Waals surface area contributed by atoms with E-state index in [2.05, 4.69) is 26.7 Å². The predicted octanol–water partition coefficient (Wildman–Crippen LogP) is 1.99. The second kappa shape index (κ2) is 9.15. The van der Waals surface area contributed by atoms with E-state index >= 15 is 0 Å². The lowest BCUT2D eigenvalue weighted by Crippen LogP contribution is -2.38. The zero-order valence-corrected chi connectivity index (χ0v) is 18.6. The molecule has 3 rings (SSSR count). The number of amides is 1. The summed E-state index contributed by atoms with van der Waals surface area (Å²) in [4.78, 5) is 16.1. The Morgan fingerprint density at radius 1 is 1.40 bits per heavy atom. The lowest BCUT2D eigenvalue weighted by molar-refractivity contribution is -0.130. The number of hydrogen-bond donors (Lipinski definition) is 1. The molecule has 1 aliphatic carbocycles. The SMILES string of the molecule is CC(=O)N(C)NC(=CC=NCc1c(C)nn(C)c1C)OC[C@H]1C[C@@H]1c1ccn(C)n1. The van der Waals surface area contributed by atoms with Gasteiger partial charge < -0.3 is 4.74 Å². The molecule has 30 heavy (non-hydrogen) atoms. The zero-order valence-electron chi connectivity index (χ0n) is 18.6. The number of rotatable bonds is 9. The van der Waals surface area contributed by atoms with E-state index in [1.807, 2.05) is 43.5 Å². The minimum atomic E-state index is -0.110. The monoisotopic (exact) mass is 413 g/mol. The summed E-state index contributed by atoms with van der Waals surface area (Å²) in [6.07, 6.45) is 6.47. The first-order chi connectivity index (χ1) is 14.3. The number of allylic oxidation sites excluding steroid dienone is 1. The van der Waals surface area contributed by atoms with E-state index in [1.165, 1.54) is 11.9 Å². The predicted molar refractivity (Wildman–Crippen MR) is 115 cm³/mol. The van der Waals surface area contributed by atoms with Gasteiger partial charge in [0.1, 0.15) is 0 Å². The first-order valence-electron chi connectivity index (χ1n) is 10.1. The van der Waals surface area contributed by atoms with E-state index < -0.39 is 0 Å². The van der Waals surface area contributed by atoms with Crippen LogP contribution in [0.2, 0.25) is 0 Å². The van der Waals surface area contributed by atoms with Crippen molar-refractivity contribution < 1.29 is 9.53 Å². The smallest absolute Gasteiger partial charge is 0.237 e. The average Bonchev–Trinajstić information content (AvgIpc) is 3.27. The molecule has 1 N–H and O–H groups in total. The molecule has 0 radical (unpaired) electrons. The van der Waals surface area contributed by atoms with Gasteiger partial charge in [-0.2, -0.15) is 10.2 Å². The summed E-state index contributed by atoms with van der Waals surface area (Å²) < 4.78 is 9.65. The van der Waals surface area contributed by atoms with Crippen LogP contribution in [-0.4, -0.2) is 50.3 Å². The van der Waals surface area contributed by atoms with Crippen LogP contribution in [0.25, 0.3) is 0 Å². The second-order valence-electron chi connectivity index (χ2n) is 7.81. The van der Waals surface area contributed by atoms with Crippen molar-refractivity contribution in [2.45, 2.75) is 39.7 Å². The molecule has 0 bridgehead atoms. The van der Waals surface area contributed by atoms with Crippen LogP contribution in [0.3, 0.4) is 0 Å². The molecule has 9 heteroatoms. The van der Waals surface area contributed by atoms with Crippen LogP contribution < -0.4 is 5.43 Å². The summed E-state index contributed by atoms with van der Waals surface area (Å²) in [6, 6.07) is 2.05. The van der Waals surface area contributed by atoms with Gasteiger partial charge in [0.05, 0.1) is 24.5 Å². The highest BCUT2D eigenvalue weighted by Crippen LogP contribution is 2.46. The van der Waals surface area contributed by atoms with Gasteiger partial charge in [-0.1, -0.05) is 0 Å². The molecule has 2 atom stereocenters. The van der Waals surface area contributed by atoms with Crippen molar-refractivity contribution in [3.8, 4) is 0 Å². The van der Waals surface area contributed by atoms with Crippen LogP contribution in [-0.2, 0) is 30.2 Å². The number of carbonyl (C=O) groups excluding carboxylic acids is 1. The Kier molecular flexibility index (Phi) is 6.59. The van der Waals surface area contributed by atoms with Crippen molar-refractivity contribution in [3.05, 3.63) is 46.9 Å². The summed E-state index contributed by atoms with van der Waals surface area (Å²) in [7, 11) is 5.51. The van der Waals surface area contributed by atoms with Crippen LogP contribution in [0.15, 0.2) is 29.2 Å². The number of carbonyl (C=O) groups is 1. The van der Waals surface area contributed by atoms with Crippen molar-refractivity contribution in [1.29, 1.82) is 0 Å². The van der Waals surface area contributed by atoms with Crippen molar-refractivity contribution in [1.82, 2.24) is 30.0 Å². The maximum atomic E-state index is 11.6. The molecule has 1 saturated carbocycles. The van der Waals surface area contributed by atoms with Crippen molar-refractivity contribution in [2.24, 2.45) is 25.0 Å². The highest BCUT2D eigenvalue weighted by atomic mass is 16.5. The maximum absolute atomic E-state index is 11.6. The van der Waals surface area contributed by atoms with Crippen LogP contribution in [0.1, 0.15) is 41.9 Å². The molecule has 1 aliphatic rings. The molecule has 9 nitrogen and oxygen atoms in total. The summed E-state index contributed by atoms with van der Waals surface area (Å²) in [5, 5.41) is 10.3. The number of hydrazine groups is 1.